The zero-order valence-electron chi connectivity index (χ0n) is 15.0. The molecule has 0 radical (unpaired) electrons. The minimum Gasteiger partial charge on any atom is -0.450 e. The Morgan fingerprint density at radius 1 is 1.08 bits per heavy atom. The number of amides is 3. The van der Waals surface area contributed by atoms with Gasteiger partial charge in [-0.05, 0) is 32.1 Å². The molecule has 136 valence electrons. The second-order valence-electron chi connectivity index (χ2n) is 7.00. The number of nitrogens with one attached hydrogen (secondary N) is 1. The van der Waals surface area contributed by atoms with E-state index in [4.69, 9.17) is 4.74 Å². The van der Waals surface area contributed by atoms with Crippen LogP contribution in [0.5, 0.6) is 0 Å². The normalized spacial score (nSPS) is 19.2. The second kappa shape index (κ2) is 7.85. The van der Waals surface area contributed by atoms with Gasteiger partial charge in [-0.2, -0.15) is 0 Å². The lowest BCUT2D eigenvalue weighted by Crippen LogP contribution is -2.54. The standard InChI is InChI=1S/C17H29N3O4/c1-4-24-16(23)20-11-9-19(10-12-20)15(22)17(6-7-17)14(21)18-8-5-13(2)3/h13H,4-12H2,1-3H3,(H,18,21). The van der Waals surface area contributed by atoms with Crippen LogP contribution in [0, 0.1) is 11.3 Å². The molecule has 0 unspecified atom stereocenters. The summed E-state index contributed by atoms with van der Waals surface area (Å²) in [5.74, 6) is 0.293. The van der Waals surface area contributed by atoms with Gasteiger partial charge in [-0.1, -0.05) is 13.8 Å². The Hall–Kier alpha value is -1.79. The molecule has 3 amide bonds. The van der Waals surface area contributed by atoms with E-state index in [9.17, 15) is 14.4 Å². The van der Waals surface area contributed by atoms with Gasteiger partial charge in [0.2, 0.25) is 11.8 Å². The Labute approximate surface area is 143 Å². The van der Waals surface area contributed by atoms with Crippen LogP contribution in [0.15, 0.2) is 0 Å². The maximum Gasteiger partial charge on any atom is 0.409 e. The number of rotatable bonds is 6. The van der Waals surface area contributed by atoms with Gasteiger partial charge < -0.3 is 19.9 Å². The van der Waals surface area contributed by atoms with Crippen LogP contribution in [0.1, 0.15) is 40.0 Å². The summed E-state index contributed by atoms with van der Waals surface area (Å²) >= 11 is 0. The first kappa shape index (κ1) is 18.5. The topological polar surface area (TPSA) is 79.0 Å². The number of carbonyl (C=O) groups excluding carboxylic acids is 3. The molecule has 7 heteroatoms. The second-order valence-corrected chi connectivity index (χ2v) is 7.00. The average Bonchev–Trinajstić information content (AvgIpc) is 3.36. The van der Waals surface area contributed by atoms with Crippen LogP contribution in [0.2, 0.25) is 0 Å². The molecule has 1 saturated heterocycles. The smallest absolute Gasteiger partial charge is 0.409 e. The maximum atomic E-state index is 12.8. The lowest BCUT2D eigenvalue weighted by atomic mass is 10.0. The first-order chi connectivity index (χ1) is 11.4. The van der Waals surface area contributed by atoms with E-state index in [1.165, 1.54) is 0 Å². The zero-order chi connectivity index (χ0) is 17.7. The Morgan fingerprint density at radius 2 is 1.67 bits per heavy atom. The van der Waals surface area contributed by atoms with E-state index in [0.29, 0.717) is 58.1 Å². The lowest BCUT2D eigenvalue weighted by molar-refractivity contribution is -0.145. The number of carbonyl (C=O) groups is 3. The maximum absolute atomic E-state index is 12.8. The number of ether oxygens (including phenoxy) is 1. The van der Waals surface area contributed by atoms with Gasteiger partial charge in [0.25, 0.3) is 0 Å². The minimum atomic E-state index is -0.858. The third-order valence-corrected chi connectivity index (χ3v) is 4.69. The van der Waals surface area contributed by atoms with Crippen LogP contribution in [0.4, 0.5) is 4.79 Å². The molecule has 24 heavy (non-hydrogen) atoms. The third-order valence-electron chi connectivity index (χ3n) is 4.69. The Kier molecular flexibility index (Phi) is 6.07. The summed E-state index contributed by atoms with van der Waals surface area (Å²) in [5.41, 5.74) is -0.858. The van der Waals surface area contributed by atoms with Gasteiger partial charge in [-0.3, -0.25) is 9.59 Å². The van der Waals surface area contributed by atoms with Crippen molar-refractivity contribution in [3.8, 4) is 0 Å². The molecule has 0 aromatic rings. The van der Waals surface area contributed by atoms with Gasteiger partial charge in [-0.15, -0.1) is 0 Å². The van der Waals surface area contributed by atoms with Crippen LogP contribution in [0.25, 0.3) is 0 Å². The van der Waals surface area contributed by atoms with Crippen molar-refractivity contribution in [1.82, 2.24) is 15.1 Å². The molecule has 1 saturated carbocycles. The highest BCUT2D eigenvalue weighted by Crippen LogP contribution is 2.47. The van der Waals surface area contributed by atoms with Gasteiger partial charge in [0.1, 0.15) is 5.41 Å². The molecular formula is C17H29N3O4. The SMILES string of the molecule is CCOC(=O)N1CCN(C(=O)C2(C(=O)NCCC(C)C)CC2)CC1. The first-order valence-electron chi connectivity index (χ1n) is 8.90. The molecule has 0 aromatic heterocycles. The molecule has 0 bridgehead atoms. The van der Waals surface area contributed by atoms with Gasteiger partial charge in [0.15, 0.2) is 0 Å². The first-order valence-corrected chi connectivity index (χ1v) is 8.90. The number of nitrogens with zero attached hydrogens (tertiary/aromatic N) is 2. The zero-order valence-corrected chi connectivity index (χ0v) is 15.0. The Bertz CT molecular complexity index is 480. The monoisotopic (exact) mass is 339 g/mol. The highest BCUT2D eigenvalue weighted by Gasteiger charge is 2.58. The summed E-state index contributed by atoms with van der Waals surface area (Å²) < 4.78 is 4.98. The lowest BCUT2D eigenvalue weighted by Gasteiger charge is -2.35. The third kappa shape index (κ3) is 4.19. The van der Waals surface area contributed by atoms with Crippen molar-refractivity contribution in [2.45, 2.75) is 40.0 Å². The summed E-state index contributed by atoms with van der Waals surface area (Å²) in [7, 11) is 0. The Morgan fingerprint density at radius 3 is 2.17 bits per heavy atom. The summed E-state index contributed by atoms with van der Waals surface area (Å²) in [4.78, 5) is 40.2. The molecule has 2 fully saturated rings. The predicted molar refractivity (Wildman–Crippen MR) is 89.3 cm³/mol. The van der Waals surface area contributed by atoms with E-state index in [2.05, 4.69) is 19.2 Å². The van der Waals surface area contributed by atoms with Gasteiger partial charge >= 0.3 is 6.09 Å². The molecule has 1 N–H and O–H groups in total. The van der Waals surface area contributed by atoms with Crippen LogP contribution in [-0.4, -0.2) is 67.0 Å². The molecule has 1 heterocycles. The number of hydrogen-bond donors (Lipinski definition) is 1. The van der Waals surface area contributed by atoms with Crippen molar-refractivity contribution in [2.75, 3.05) is 39.3 Å². The quantitative estimate of drug-likeness (QED) is 0.738. The van der Waals surface area contributed by atoms with Gasteiger partial charge in [0, 0.05) is 32.7 Å². The summed E-state index contributed by atoms with van der Waals surface area (Å²) in [6.45, 7) is 8.76. The minimum absolute atomic E-state index is 0.0898. The fraction of sp³-hybridized carbons (Fsp3) is 0.824. The molecule has 0 atom stereocenters. The van der Waals surface area contributed by atoms with E-state index in [-0.39, 0.29) is 17.9 Å². The molecule has 0 spiro atoms. The van der Waals surface area contributed by atoms with Crippen molar-refractivity contribution < 1.29 is 19.1 Å². The highest BCUT2D eigenvalue weighted by molar-refractivity contribution is 6.07. The van der Waals surface area contributed by atoms with Gasteiger partial charge in [-0.25, -0.2) is 4.79 Å². The fourth-order valence-corrected chi connectivity index (χ4v) is 2.92. The highest BCUT2D eigenvalue weighted by atomic mass is 16.6. The van der Waals surface area contributed by atoms with Crippen molar-refractivity contribution in [3.63, 3.8) is 0 Å². The van der Waals surface area contributed by atoms with Crippen molar-refractivity contribution in [1.29, 1.82) is 0 Å². The molecule has 0 aromatic carbocycles. The molecule has 1 aliphatic carbocycles. The van der Waals surface area contributed by atoms with Crippen LogP contribution in [0.3, 0.4) is 0 Å². The molecule has 2 aliphatic rings. The molecule has 1 aliphatic heterocycles. The van der Waals surface area contributed by atoms with Crippen LogP contribution < -0.4 is 5.32 Å². The summed E-state index contributed by atoms with van der Waals surface area (Å²) in [6.07, 6.45) is 1.82. The molecule has 7 nitrogen and oxygen atoms in total. The van der Waals surface area contributed by atoms with E-state index >= 15 is 0 Å². The van der Waals surface area contributed by atoms with E-state index in [1.54, 1.807) is 16.7 Å². The van der Waals surface area contributed by atoms with Crippen molar-refractivity contribution in [3.05, 3.63) is 0 Å². The van der Waals surface area contributed by atoms with E-state index in [1.807, 2.05) is 0 Å². The number of piperazine rings is 1. The summed E-state index contributed by atoms with van der Waals surface area (Å²) in [5, 5.41) is 2.91. The van der Waals surface area contributed by atoms with Crippen molar-refractivity contribution in [2.24, 2.45) is 11.3 Å². The summed E-state index contributed by atoms with van der Waals surface area (Å²) in [6, 6.07) is 0. The van der Waals surface area contributed by atoms with Crippen LogP contribution >= 0.6 is 0 Å². The largest absolute Gasteiger partial charge is 0.450 e. The molecule has 2 rings (SSSR count). The number of hydrogen-bond acceptors (Lipinski definition) is 4. The van der Waals surface area contributed by atoms with Gasteiger partial charge in [0.05, 0.1) is 6.61 Å². The van der Waals surface area contributed by atoms with E-state index in [0.717, 1.165) is 6.42 Å². The average molecular weight is 339 g/mol. The van der Waals surface area contributed by atoms with Crippen molar-refractivity contribution >= 4 is 17.9 Å². The predicted octanol–water partition coefficient (Wildman–Crippen LogP) is 1.23. The Balaban J connectivity index is 1.83. The van der Waals surface area contributed by atoms with E-state index < -0.39 is 5.41 Å². The molecular weight excluding hydrogens is 310 g/mol. The van der Waals surface area contributed by atoms with Crippen LogP contribution in [-0.2, 0) is 14.3 Å². The fourth-order valence-electron chi connectivity index (χ4n) is 2.92.